The molecule has 5 aromatic rings. The summed E-state index contributed by atoms with van der Waals surface area (Å²) in [6.07, 6.45) is 1.80. The van der Waals surface area contributed by atoms with E-state index in [-0.39, 0.29) is 0 Å². The molecule has 0 aliphatic rings. The molecule has 5 rings (SSSR count). The smallest absolute Gasteiger partial charge is 0.188 e. The van der Waals surface area contributed by atoms with Crippen molar-refractivity contribution < 1.29 is 4.42 Å². The van der Waals surface area contributed by atoms with Gasteiger partial charge in [0.25, 0.3) is 0 Å². The Bertz CT molecular complexity index is 1190. The predicted molar refractivity (Wildman–Crippen MR) is 122 cm³/mol. The molecule has 0 bridgehead atoms. The van der Waals surface area contributed by atoms with Gasteiger partial charge < -0.3 is 4.42 Å². The van der Waals surface area contributed by atoms with Gasteiger partial charge in [-0.1, -0.05) is 61.6 Å². The van der Waals surface area contributed by atoms with Crippen LogP contribution in [-0.2, 0) is 0 Å². The zero-order valence-corrected chi connectivity index (χ0v) is 17.6. The van der Waals surface area contributed by atoms with Crippen LogP contribution in [0.4, 0.5) is 0 Å². The molecule has 3 heteroatoms. The number of thiophene rings is 1. The third-order valence-electron chi connectivity index (χ3n) is 5.38. The fourth-order valence-electron chi connectivity index (χ4n) is 4.18. The molecule has 2 aromatic heterocycles. The zero-order valence-electron chi connectivity index (χ0n) is 16.0. The van der Waals surface area contributed by atoms with Crippen molar-refractivity contribution in [2.45, 2.75) is 33.8 Å². The number of hydrogen-bond donors (Lipinski definition) is 0. The molecule has 28 heavy (non-hydrogen) atoms. The molecule has 0 atom stereocenters. The quantitative estimate of drug-likeness (QED) is 0.294. The van der Waals surface area contributed by atoms with Gasteiger partial charge in [-0.25, -0.2) is 0 Å². The van der Waals surface area contributed by atoms with Crippen molar-refractivity contribution in [2.75, 3.05) is 0 Å². The fraction of sp³-hybridized carbons (Fsp3) is 0.120. The lowest BCUT2D eigenvalue weighted by Gasteiger charge is -2.45. The largest absolute Gasteiger partial charge is 0.454 e. The van der Waals surface area contributed by atoms with Gasteiger partial charge in [-0.2, -0.15) is 10.0 Å². The second kappa shape index (κ2) is 6.84. The Hall–Kier alpha value is -2.49. The summed E-state index contributed by atoms with van der Waals surface area (Å²) in [6, 6.07) is 31.2. The van der Waals surface area contributed by atoms with E-state index >= 15 is 0 Å². The lowest BCUT2D eigenvalue weighted by Crippen LogP contribution is -2.14. The van der Waals surface area contributed by atoms with Gasteiger partial charge in [0.15, 0.2) is 4.90 Å². The molecule has 0 amide bonds. The molecule has 1 nitrogen and oxygen atoms in total. The molecule has 140 valence electrons. The molecule has 0 spiro atoms. The lowest BCUT2D eigenvalue weighted by atomic mass is 10.2. The highest BCUT2D eigenvalue weighted by atomic mass is 32.3. The van der Waals surface area contributed by atoms with Crippen LogP contribution in [0.3, 0.4) is 0 Å². The molecule has 0 saturated carbocycles. The van der Waals surface area contributed by atoms with Crippen LogP contribution in [0.25, 0.3) is 20.4 Å². The summed E-state index contributed by atoms with van der Waals surface area (Å²) >= 11 is 1.73. The van der Waals surface area contributed by atoms with E-state index in [2.05, 4.69) is 98.8 Å². The molecule has 0 unspecified atom stereocenters. The molecule has 0 aliphatic carbocycles. The topological polar surface area (TPSA) is 13.1 Å². The number of furan rings is 1. The van der Waals surface area contributed by atoms with Crippen LogP contribution in [0.2, 0.25) is 0 Å². The summed E-state index contributed by atoms with van der Waals surface area (Å²) in [5.74, 6) is 0. The lowest BCUT2D eigenvalue weighted by molar-refractivity contribution is 0.624. The average molecular weight is 403 g/mol. The number of rotatable bonds is 4. The van der Waals surface area contributed by atoms with Crippen molar-refractivity contribution in [2.24, 2.45) is 0 Å². The molecule has 0 fully saturated rings. The maximum atomic E-state index is 5.67. The Balaban J connectivity index is 1.87. The van der Waals surface area contributed by atoms with Crippen LogP contribution in [-0.4, -0.2) is 5.25 Å². The summed E-state index contributed by atoms with van der Waals surface area (Å²) < 4.78 is 6.96. The third-order valence-corrected chi connectivity index (χ3v) is 10.9. The van der Waals surface area contributed by atoms with E-state index in [1.165, 1.54) is 30.2 Å². The number of benzene rings is 3. The minimum Gasteiger partial charge on any atom is -0.454 e. The Morgan fingerprint density at radius 3 is 1.96 bits per heavy atom. The summed E-state index contributed by atoms with van der Waals surface area (Å²) in [6.45, 7) is 4.72. The van der Waals surface area contributed by atoms with Crippen molar-refractivity contribution in [1.82, 2.24) is 0 Å². The van der Waals surface area contributed by atoms with Gasteiger partial charge in [-0.05, 0) is 68.5 Å². The average Bonchev–Trinajstić information content (AvgIpc) is 3.31. The predicted octanol–water partition coefficient (Wildman–Crippen LogP) is 8.34. The van der Waals surface area contributed by atoms with E-state index in [0.29, 0.717) is 5.25 Å². The Morgan fingerprint density at radius 2 is 1.36 bits per heavy atom. The summed E-state index contributed by atoms with van der Waals surface area (Å²) in [5.41, 5.74) is 0. The van der Waals surface area contributed by atoms with Crippen molar-refractivity contribution in [3.05, 3.63) is 91.2 Å². The Kier molecular flexibility index (Phi) is 4.30. The molecule has 0 aliphatic heterocycles. The highest BCUT2D eigenvalue weighted by Gasteiger charge is 2.34. The molecule has 2 heterocycles. The van der Waals surface area contributed by atoms with Crippen LogP contribution in [0.15, 0.2) is 110 Å². The van der Waals surface area contributed by atoms with E-state index in [1.54, 1.807) is 17.6 Å². The molecule has 0 N–H and O–H groups in total. The first-order chi connectivity index (χ1) is 13.7. The van der Waals surface area contributed by atoms with E-state index in [4.69, 9.17) is 4.42 Å². The van der Waals surface area contributed by atoms with Crippen LogP contribution < -0.4 is 0 Å². The molecule has 3 aromatic carbocycles. The van der Waals surface area contributed by atoms with Gasteiger partial charge in [-0.15, -0.1) is 0 Å². The Labute approximate surface area is 170 Å². The number of hydrogen-bond acceptors (Lipinski definition) is 2. The summed E-state index contributed by atoms with van der Waals surface area (Å²) in [5, 5.41) is 2.99. The van der Waals surface area contributed by atoms with Crippen molar-refractivity contribution >= 4 is 41.7 Å². The normalized spacial score (nSPS) is 12.8. The van der Waals surface area contributed by atoms with Crippen LogP contribution >= 0.6 is 21.4 Å². The molecule has 0 radical (unpaired) electrons. The van der Waals surface area contributed by atoms with E-state index in [0.717, 1.165) is 4.90 Å². The maximum Gasteiger partial charge on any atom is 0.188 e. The summed E-state index contributed by atoms with van der Waals surface area (Å²) in [4.78, 5) is 5.24. The first kappa shape index (κ1) is 17.6. The first-order valence-electron chi connectivity index (χ1n) is 9.53. The van der Waals surface area contributed by atoms with Gasteiger partial charge in [0.1, 0.15) is 0 Å². The van der Waals surface area contributed by atoms with E-state index in [9.17, 15) is 0 Å². The molecule has 0 saturated heterocycles. The van der Waals surface area contributed by atoms with Crippen molar-refractivity contribution in [3.63, 3.8) is 0 Å². The highest BCUT2D eigenvalue weighted by molar-refractivity contribution is 8.34. The number of fused-ring (bicyclic) bond motifs is 3. The van der Waals surface area contributed by atoms with Gasteiger partial charge in [0.2, 0.25) is 0 Å². The standard InChI is InChI=1S/C25H22OS2/c1-18(2)28(19-9-5-3-6-10-19,20-11-7-4-8-12-20)21-13-14-24-23(17-21)22-15-16-26-25(22)27-24/h3-18H,1-2H3. The highest BCUT2D eigenvalue weighted by Crippen LogP contribution is 2.71. The zero-order chi connectivity index (χ0) is 19.1. The van der Waals surface area contributed by atoms with Crippen LogP contribution in [0.1, 0.15) is 13.8 Å². The molecular weight excluding hydrogens is 380 g/mol. The van der Waals surface area contributed by atoms with Crippen molar-refractivity contribution in [3.8, 4) is 0 Å². The third kappa shape index (κ3) is 2.54. The molecular formula is C25H22OS2. The van der Waals surface area contributed by atoms with Crippen LogP contribution in [0, 0.1) is 0 Å². The van der Waals surface area contributed by atoms with E-state index in [1.807, 2.05) is 0 Å². The second-order valence-electron chi connectivity index (χ2n) is 7.22. The fourth-order valence-corrected chi connectivity index (χ4v) is 9.39. The minimum absolute atomic E-state index is 0.466. The van der Waals surface area contributed by atoms with E-state index < -0.39 is 10.0 Å². The second-order valence-corrected chi connectivity index (χ2v) is 11.9. The van der Waals surface area contributed by atoms with Gasteiger partial charge in [0.05, 0.1) is 6.26 Å². The van der Waals surface area contributed by atoms with Gasteiger partial charge in [-0.3, -0.25) is 0 Å². The van der Waals surface area contributed by atoms with Gasteiger partial charge in [0, 0.05) is 15.5 Å². The minimum atomic E-state index is -1.40. The Morgan fingerprint density at radius 1 is 0.714 bits per heavy atom. The first-order valence-corrected chi connectivity index (χ1v) is 12.0. The van der Waals surface area contributed by atoms with Gasteiger partial charge >= 0.3 is 0 Å². The maximum absolute atomic E-state index is 5.67. The summed E-state index contributed by atoms with van der Waals surface area (Å²) in [7, 11) is -1.40. The van der Waals surface area contributed by atoms with Crippen LogP contribution in [0.5, 0.6) is 0 Å². The van der Waals surface area contributed by atoms with Crippen molar-refractivity contribution in [1.29, 1.82) is 0 Å². The SMILES string of the molecule is CC(C)S(c1ccccc1)(c1ccccc1)c1ccc2sc3occc3c2c1. The monoisotopic (exact) mass is 402 g/mol.